The van der Waals surface area contributed by atoms with Crippen LogP contribution in [0.2, 0.25) is 0 Å². The van der Waals surface area contributed by atoms with E-state index in [1.807, 2.05) is 4.90 Å². The van der Waals surface area contributed by atoms with Crippen LogP contribution in [0.25, 0.3) is 5.69 Å². The lowest BCUT2D eigenvalue weighted by atomic mass is 9.95. The van der Waals surface area contributed by atoms with E-state index in [9.17, 15) is 14.0 Å². The van der Waals surface area contributed by atoms with Gasteiger partial charge in [0.05, 0.1) is 5.69 Å². The van der Waals surface area contributed by atoms with Gasteiger partial charge in [0.15, 0.2) is 5.69 Å². The Labute approximate surface area is 157 Å². The summed E-state index contributed by atoms with van der Waals surface area (Å²) >= 11 is 0. The van der Waals surface area contributed by atoms with Crippen LogP contribution in [0.1, 0.15) is 36.2 Å². The standard InChI is InChI=1S/C20H23FN4O2/c21-16-4-3-5-17(14-16)25-13-8-18(22-25)20(27)24-11-6-15(7-12-24)19(26)23-9-1-2-10-23/h3-5,8,13-15H,1-2,6-7,9-12H2. The number of rotatable bonds is 3. The molecule has 0 spiro atoms. The Morgan fingerprint density at radius 3 is 2.44 bits per heavy atom. The summed E-state index contributed by atoms with van der Waals surface area (Å²) in [5.41, 5.74) is 0.910. The molecule has 4 rings (SSSR count). The Balaban J connectivity index is 1.37. The smallest absolute Gasteiger partial charge is 0.274 e. The highest BCUT2D eigenvalue weighted by molar-refractivity contribution is 5.92. The van der Waals surface area contributed by atoms with Crippen molar-refractivity contribution in [1.29, 1.82) is 0 Å². The molecule has 1 aromatic carbocycles. The van der Waals surface area contributed by atoms with Gasteiger partial charge in [0.1, 0.15) is 5.82 Å². The Morgan fingerprint density at radius 1 is 1.00 bits per heavy atom. The SMILES string of the molecule is O=C(c1ccn(-c2cccc(F)c2)n1)N1CCC(C(=O)N2CCCC2)CC1. The second-order valence-corrected chi connectivity index (χ2v) is 7.22. The van der Waals surface area contributed by atoms with Crippen molar-refractivity contribution in [3.8, 4) is 5.69 Å². The molecule has 2 aromatic rings. The predicted molar refractivity (Wildman–Crippen MR) is 98.0 cm³/mol. The minimum Gasteiger partial charge on any atom is -0.342 e. The van der Waals surface area contributed by atoms with E-state index in [4.69, 9.17) is 0 Å². The maximum Gasteiger partial charge on any atom is 0.274 e. The molecule has 2 saturated heterocycles. The summed E-state index contributed by atoms with van der Waals surface area (Å²) in [7, 11) is 0. The average molecular weight is 370 g/mol. The molecule has 2 aliphatic heterocycles. The number of aromatic nitrogens is 2. The molecule has 2 fully saturated rings. The number of carbonyl (C=O) groups excluding carboxylic acids is 2. The van der Waals surface area contributed by atoms with E-state index in [-0.39, 0.29) is 23.5 Å². The third-order valence-corrected chi connectivity index (χ3v) is 5.43. The maximum atomic E-state index is 13.4. The van der Waals surface area contributed by atoms with Crippen molar-refractivity contribution in [1.82, 2.24) is 19.6 Å². The topological polar surface area (TPSA) is 58.4 Å². The van der Waals surface area contributed by atoms with Crippen molar-refractivity contribution in [3.63, 3.8) is 0 Å². The van der Waals surface area contributed by atoms with Crippen molar-refractivity contribution < 1.29 is 14.0 Å². The number of likely N-dealkylation sites (tertiary alicyclic amines) is 2. The highest BCUT2D eigenvalue weighted by Gasteiger charge is 2.31. The monoisotopic (exact) mass is 370 g/mol. The van der Waals surface area contributed by atoms with E-state index in [1.54, 1.807) is 29.3 Å². The van der Waals surface area contributed by atoms with E-state index in [2.05, 4.69) is 5.10 Å². The van der Waals surface area contributed by atoms with Crippen LogP contribution in [0, 0.1) is 11.7 Å². The predicted octanol–water partition coefficient (Wildman–Crippen LogP) is 2.49. The molecule has 2 aliphatic rings. The average Bonchev–Trinajstić information content (AvgIpc) is 3.39. The molecule has 0 bridgehead atoms. The van der Waals surface area contributed by atoms with Crippen LogP contribution in [0.15, 0.2) is 36.5 Å². The molecule has 0 N–H and O–H groups in total. The van der Waals surface area contributed by atoms with E-state index in [0.717, 1.165) is 25.9 Å². The summed E-state index contributed by atoms with van der Waals surface area (Å²) in [6.07, 6.45) is 5.25. The van der Waals surface area contributed by atoms with Crippen LogP contribution in [-0.2, 0) is 4.79 Å². The molecule has 1 aromatic heterocycles. The number of nitrogens with zero attached hydrogens (tertiary/aromatic N) is 4. The molecule has 6 nitrogen and oxygen atoms in total. The summed E-state index contributed by atoms with van der Waals surface area (Å²) in [6, 6.07) is 7.73. The molecule has 0 unspecified atom stereocenters. The first-order valence-corrected chi connectivity index (χ1v) is 9.51. The highest BCUT2D eigenvalue weighted by Crippen LogP contribution is 2.23. The molecule has 2 amide bonds. The lowest BCUT2D eigenvalue weighted by Gasteiger charge is -2.32. The van der Waals surface area contributed by atoms with Gasteiger partial charge in [-0.15, -0.1) is 0 Å². The van der Waals surface area contributed by atoms with Crippen molar-refractivity contribution in [3.05, 3.63) is 48.0 Å². The van der Waals surface area contributed by atoms with Gasteiger partial charge >= 0.3 is 0 Å². The summed E-state index contributed by atoms with van der Waals surface area (Å²) in [4.78, 5) is 29.0. The minimum absolute atomic E-state index is 0.0250. The normalized spacial score (nSPS) is 18.1. The second kappa shape index (κ2) is 7.50. The minimum atomic E-state index is -0.347. The van der Waals surface area contributed by atoms with Crippen LogP contribution in [0.5, 0.6) is 0 Å². The molecule has 0 aliphatic carbocycles. The van der Waals surface area contributed by atoms with E-state index >= 15 is 0 Å². The van der Waals surface area contributed by atoms with Gasteiger partial charge < -0.3 is 9.80 Å². The Bertz CT molecular complexity index is 836. The second-order valence-electron chi connectivity index (χ2n) is 7.22. The fourth-order valence-electron chi connectivity index (χ4n) is 3.89. The number of halogens is 1. The number of hydrogen-bond acceptors (Lipinski definition) is 3. The van der Waals surface area contributed by atoms with Crippen LogP contribution in [0.3, 0.4) is 0 Å². The van der Waals surface area contributed by atoms with Gasteiger partial charge in [-0.1, -0.05) is 6.07 Å². The highest BCUT2D eigenvalue weighted by atomic mass is 19.1. The Morgan fingerprint density at radius 2 is 1.74 bits per heavy atom. The summed E-state index contributed by atoms with van der Waals surface area (Å²) in [6.45, 7) is 2.87. The zero-order chi connectivity index (χ0) is 18.8. The van der Waals surface area contributed by atoms with Gasteiger partial charge in [-0.3, -0.25) is 9.59 Å². The summed E-state index contributed by atoms with van der Waals surface area (Å²) in [5, 5.41) is 4.30. The molecule has 3 heterocycles. The van der Waals surface area contributed by atoms with E-state index < -0.39 is 0 Å². The Hall–Kier alpha value is -2.70. The first kappa shape index (κ1) is 17.7. The van der Waals surface area contributed by atoms with Crippen molar-refractivity contribution in [2.75, 3.05) is 26.2 Å². The summed E-state index contributed by atoms with van der Waals surface area (Å²) in [5.74, 6) is -0.218. The molecule has 7 heteroatoms. The van der Waals surface area contributed by atoms with Gasteiger partial charge in [0, 0.05) is 38.3 Å². The lowest BCUT2D eigenvalue weighted by Crippen LogP contribution is -2.43. The van der Waals surface area contributed by atoms with E-state index in [1.165, 1.54) is 16.8 Å². The van der Waals surface area contributed by atoms with Gasteiger partial charge in [-0.2, -0.15) is 5.10 Å². The first-order chi connectivity index (χ1) is 13.1. The zero-order valence-electron chi connectivity index (χ0n) is 15.2. The number of hydrogen-bond donors (Lipinski definition) is 0. The van der Waals surface area contributed by atoms with Gasteiger partial charge in [0.2, 0.25) is 5.91 Å². The molecule has 27 heavy (non-hydrogen) atoms. The van der Waals surface area contributed by atoms with Crippen LogP contribution < -0.4 is 0 Å². The van der Waals surface area contributed by atoms with Crippen LogP contribution >= 0.6 is 0 Å². The van der Waals surface area contributed by atoms with Crippen LogP contribution in [0.4, 0.5) is 4.39 Å². The molecular weight excluding hydrogens is 347 g/mol. The lowest BCUT2D eigenvalue weighted by molar-refractivity contribution is -0.135. The van der Waals surface area contributed by atoms with Gasteiger partial charge in [-0.25, -0.2) is 9.07 Å². The van der Waals surface area contributed by atoms with Crippen LogP contribution in [-0.4, -0.2) is 57.6 Å². The summed E-state index contributed by atoms with van der Waals surface area (Å²) < 4.78 is 14.9. The third kappa shape index (κ3) is 3.72. The van der Waals surface area contributed by atoms with Crippen molar-refractivity contribution in [2.45, 2.75) is 25.7 Å². The van der Waals surface area contributed by atoms with Crippen molar-refractivity contribution >= 4 is 11.8 Å². The fourth-order valence-corrected chi connectivity index (χ4v) is 3.89. The number of carbonyl (C=O) groups is 2. The van der Waals surface area contributed by atoms with Gasteiger partial charge in [0.25, 0.3) is 5.91 Å². The van der Waals surface area contributed by atoms with E-state index in [0.29, 0.717) is 37.3 Å². The number of benzene rings is 1. The maximum absolute atomic E-state index is 13.4. The molecule has 0 radical (unpaired) electrons. The Kier molecular flexibility index (Phi) is 4.92. The number of amides is 2. The number of piperidine rings is 1. The van der Waals surface area contributed by atoms with Gasteiger partial charge in [-0.05, 0) is 49.9 Å². The van der Waals surface area contributed by atoms with Crippen molar-refractivity contribution in [2.24, 2.45) is 5.92 Å². The molecule has 0 saturated carbocycles. The largest absolute Gasteiger partial charge is 0.342 e. The first-order valence-electron chi connectivity index (χ1n) is 9.51. The molecule has 142 valence electrons. The zero-order valence-corrected chi connectivity index (χ0v) is 15.2. The quantitative estimate of drug-likeness (QED) is 0.834. The third-order valence-electron chi connectivity index (χ3n) is 5.43. The molecule has 0 atom stereocenters. The molecular formula is C20H23FN4O2. The fraction of sp³-hybridized carbons (Fsp3) is 0.450.